The van der Waals surface area contributed by atoms with Gasteiger partial charge in [0, 0.05) is 6.54 Å². The van der Waals surface area contributed by atoms with Crippen LogP contribution < -0.4 is 5.73 Å². The fourth-order valence-corrected chi connectivity index (χ4v) is 3.43. The summed E-state index contributed by atoms with van der Waals surface area (Å²) in [5, 5.41) is -0.476. The van der Waals surface area contributed by atoms with Gasteiger partial charge in [-0.2, -0.15) is 0 Å². The Morgan fingerprint density at radius 3 is 2.67 bits per heavy atom. The lowest BCUT2D eigenvalue weighted by Gasteiger charge is -2.10. The Kier molecular flexibility index (Phi) is 3.06. The number of hydrogen-bond donors (Lipinski definition) is 1. The second-order valence-corrected chi connectivity index (χ2v) is 5.60. The molecule has 1 rings (SSSR count). The first-order valence-electron chi connectivity index (χ1n) is 4.12. The molecule has 72 valence electrons. The molecule has 0 amide bonds. The van der Waals surface area contributed by atoms with E-state index in [9.17, 15) is 12.8 Å². The van der Waals surface area contributed by atoms with Crippen molar-refractivity contribution in [2.24, 2.45) is 5.73 Å². The maximum Gasteiger partial charge on any atom is 0.153 e. The zero-order chi connectivity index (χ0) is 9.19. The fourth-order valence-electron chi connectivity index (χ4n) is 1.50. The average molecular weight is 195 g/mol. The normalized spacial score (nSPS) is 30.3. The van der Waals surface area contributed by atoms with Crippen LogP contribution in [0.25, 0.3) is 0 Å². The van der Waals surface area contributed by atoms with Gasteiger partial charge in [0.1, 0.15) is 6.17 Å². The average Bonchev–Trinajstić information content (AvgIpc) is 2.31. The number of sulfone groups is 1. The number of rotatable bonds is 3. The van der Waals surface area contributed by atoms with Crippen molar-refractivity contribution in [2.75, 3.05) is 12.3 Å². The van der Waals surface area contributed by atoms with Crippen LogP contribution in [0.5, 0.6) is 0 Å². The van der Waals surface area contributed by atoms with Crippen molar-refractivity contribution in [2.45, 2.75) is 30.7 Å². The molecule has 1 saturated heterocycles. The largest absolute Gasteiger partial charge is 0.328 e. The summed E-state index contributed by atoms with van der Waals surface area (Å²) in [4.78, 5) is 0. The van der Waals surface area contributed by atoms with Crippen molar-refractivity contribution in [1.82, 2.24) is 0 Å². The van der Waals surface area contributed by atoms with Gasteiger partial charge in [0.2, 0.25) is 0 Å². The van der Waals surface area contributed by atoms with E-state index in [0.717, 1.165) is 0 Å². The van der Waals surface area contributed by atoms with Gasteiger partial charge in [-0.3, -0.25) is 0 Å². The Morgan fingerprint density at radius 1 is 1.58 bits per heavy atom. The van der Waals surface area contributed by atoms with Crippen molar-refractivity contribution >= 4 is 9.84 Å². The lowest BCUT2D eigenvalue weighted by Crippen LogP contribution is -2.25. The quantitative estimate of drug-likeness (QED) is 0.702. The summed E-state index contributed by atoms with van der Waals surface area (Å²) in [5.41, 5.74) is 5.07. The van der Waals surface area contributed by atoms with Crippen LogP contribution in [0.2, 0.25) is 0 Å². The van der Waals surface area contributed by atoms with E-state index >= 15 is 0 Å². The second-order valence-electron chi connectivity index (χ2n) is 3.20. The van der Waals surface area contributed by atoms with Crippen LogP contribution in [0.1, 0.15) is 19.3 Å². The molecule has 0 saturated carbocycles. The van der Waals surface area contributed by atoms with E-state index in [0.29, 0.717) is 12.8 Å². The molecule has 0 radical (unpaired) electrons. The molecule has 3 nitrogen and oxygen atoms in total. The molecule has 1 aliphatic rings. The van der Waals surface area contributed by atoms with E-state index in [1.807, 2.05) is 0 Å². The molecule has 0 spiro atoms. The Balaban J connectivity index is 2.53. The van der Waals surface area contributed by atoms with Crippen LogP contribution >= 0.6 is 0 Å². The van der Waals surface area contributed by atoms with Gasteiger partial charge in [-0.25, -0.2) is 12.8 Å². The van der Waals surface area contributed by atoms with Crippen molar-refractivity contribution in [3.8, 4) is 0 Å². The van der Waals surface area contributed by atoms with Gasteiger partial charge in [0.25, 0.3) is 0 Å². The maximum absolute atomic E-state index is 12.7. The molecule has 2 unspecified atom stereocenters. The number of alkyl halides is 1. The summed E-state index contributed by atoms with van der Waals surface area (Å²) >= 11 is 0. The first kappa shape index (κ1) is 9.92. The lowest BCUT2D eigenvalue weighted by atomic mass is 10.1. The van der Waals surface area contributed by atoms with E-state index < -0.39 is 21.3 Å². The van der Waals surface area contributed by atoms with Gasteiger partial charge >= 0.3 is 0 Å². The summed E-state index contributed by atoms with van der Waals surface area (Å²) in [6, 6.07) is 0. The molecule has 0 aliphatic carbocycles. The van der Waals surface area contributed by atoms with Crippen molar-refractivity contribution < 1.29 is 12.8 Å². The zero-order valence-corrected chi connectivity index (χ0v) is 7.69. The minimum atomic E-state index is -2.99. The molecule has 1 heterocycles. The summed E-state index contributed by atoms with van der Waals surface area (Å²) in [5.74, 6) is 0.217. The van der Waals surface area contributed by atoms with Crippen LogP contribution in [0.15, 0.2) is 0 Å². The third kappa shape index (κ3) is 2.17. The van der Waals surface area contributed by atoms with Gasteiger partial charge in [0.15, 0.2) is 9.84 Å². The van der Waals surface area contributed by atoms with Crippen molar-refractivity contribution in [3.63, 3.8) is 0 Å². The standard InChI is InChI=1S/C7H14FNO2S/c8-6(5-9)4-7-2-1-3-12(7,10)11/h6-7H,1-5,9H2. The maximum atomic E-state index is 12.7. The number of nitrogens with two attached hydrogens (primary N) is 1. The van der Waals surface area contributed by atoms with Gasteiger partial charge in [-0.1, -0.05) is 0 Å². The molecule has 2 N–H and O–H groups in total. The fraction of sp³-hybridized carbons (Fsp3) is 1.00. The predicted octanol–water partition coefficient (Wildman–Crippen LogP) is 0.251. The van der Waals surface area contributed by atoms with Crippen LogP contribution in [0, 0.1) is 0 Å². The highest BCUT2D eigenvalue weighted by molar-refractivity contribution is 7.92. The smallest absolute Gasteiger partial charge is 0.153 e. The summed E-state index contributed by atoms with van der Waals surface area (Å²) in [6.45, 7) is -0.0774. The molecular formula is C7H14FNO2S. The topological polar surface area (TPSA) is 60.2 Å². The van der Waals surface area contributed by atoms with E-state index in [-0.39, 0.29) is 18.7 Å². The van der Waals surface area contributed by atoms with Crippen molar-refractivity contribution in [3.05, 3.63) is 0 Å². The first-order valence-corrected chi connectivity index (χ1v) is 5.83. The highest BCUT2D eigenvalue weighted by Gasteiger charge is 2.32. The molecule has 1 fully saturated rings. The third-order valence-electron chi connectivity index (χ3n) is 2.24. The van der Waals surface area contributed by atoms with Crippen LogP contribution in [0.3, 0.4) is 0 Å². The summed E-state index contributed by atoms with van der Waals surface area (Å²) < 4.78 is 35.1. The SMILES string of the molecule is NCC(F)CC1CCCS1(=O)=O. The third-order valence-corrected chi connectivity index (χ3v) is 4.54. The summed E-state index contributed by atoms with van der Waals surface area (Å²) in [6.07, 6.45) is 0.189. The minimum Gasteiger partial charge on any atom is -0.328 e. The molecule has 1 aliphatic heterocycles. The van der Waals surface area contributed by atoms with E-state index in [1.54, 1.807) is 0 Å². The molecule has 12 heavy (non-hydrogen) atoms. The van der Waals surface area contributed by atoms with E-state index in [2.05, 4.69) is 0 Å². The van der Waals surface area contributed by atoms with Crippen LogP contribution in [-0.2, 0) is 9.84 Å². The molecule has 2 atom stereocenters. The molecule has 0 bridgehead atoms. The molecular weight excluding hydrogens is 181 g/mol. The molecule has 0 aromatic carbocycles. The van der Waals surface area contributed by atoms with Gasteiger partial charge in [-0.15, -0.1) is 0 Å². The first-order chi connectivity index (χ1) is 5.56. The van der Waals surface area contributed by atoms with E-state index in [4.69, 9.17) is 5.73 Å². The molecule has 0 aromatic rings. The predicted molar refractivity (Wildman–Crippen MR) is 45.4 cm³/mol. The Morgan fingerprint density at radius 2 is 2.25 bits per heavy atom. The van der Waals surface area contributed by atoms with Gasteiger partial charge in [0.05, 0.1) is 11.0 Å². The number of halogens is 1. The number of hydrogen-bond acceptors (Lipinski definition) is 3. The minimum absolute atomic E-state index is 0.0774. The molecule has 5 heteroatoms. The Bertz CT molecular complexity index is 240. The van der Waals surface area contributed by atoms with Crippen LogP contribution in [-0.4, -0.2) is 32.1 Å². The zero-order valence-electron chi connectivity index (χ0n) is 6.87. The monoisotopic (exact) mass is 195 g/mol. The van der Waals surface area contributed by atoms with Gasteiger partial charge < -0.3 is 5.73 Å². The van der Waals surface area contributed by atoms with E-state index in [1.165, 1.54) is 0 Å². The Hall–Kier alpha value is -0.160. The highest BCUT2D eigenvalue weighted by Crippen LogP contribution is 2.24. The van der Waals surface area contributed by atoms with Crippen molar-refractivity contribution in [1.29, 1.82) is 0 Å². The van der Waals surface area contributed by atoms with Gasteiger partial charge in [-0.05, 0) is 19.3 Å². The Labute approximate surface area is 72.1 Å². The lowest BCUT2D eigenvalue weighted by molar-refractivity contribution is 0.316. The van der Waals surface area contributed by atoms with Crippen LogP contribution in [0.4, 0.5) is 4.39 Å². The highest BCUT2D eigenvalue weighted by atomic mass is 32.2. The molecule has 0 aromatic heterocycles. The second kappa shape index (κ2) is 3.70. The summed E-state index contributed by atoms with van der Waals surface area (Å²) in [7, 11) is -2.99.